The van der Waals surface area contributed by atoms with E-state index in [0.717, 1.165) is 18.2 Å². The molecular formula is C14H19N7O. The molecule has 0 aromatic carbocycles. The summed E-state index contributed by atoms with van der Waals surface area (Å²) in [5.74, 6) is 1.94. The highest BCUT2D eigenvalue weighted by Crippen LogP contribution is 2.10. The van der Waals surface area contributed by atoms with Gasteiger partial charge < -0.3 is 16.0 Å². The summed E-state index contributed by atoms with van der Waals surface area (Å²) in [5, 5.41) is 9.05. The van der Waals surface area contributed by atoms with Gasteiger partial charge in [-0.1, -0.05) is 0 Å². The number of aromatic nitrogens is 4. The minimum atomic E-state index is -0.248. The molecule has 2 rings (SSSR count). The summed E-state index contributed by atoms with van der Waals surface area (Å²) >= 11 is 0. The Labute approximate surface area is 128 Å². The number of nitrogens with zero attached hydrogens (tertiary/aromatic N) is 4. The Kier molecular flexibility index (Phi) is 5.58. The van der Waals surface area contributed by atoms with Crippen LogP contribution < -0.4 is 16.0 Å². The van der Waals surface area contributed by atoms with Crippen molar-refractivity contribution < 1.29 is 4.79 Å². The first kappa shape index (κ1) is 15.6. The molecule has 2 aromatic rings. The van der Waals surface area contributed by atoms with Crippen molar-refractivity contribution in [2.75, 3.05) is 30.3 Å². The number of carbonyl (C=O) groups is 1. The normalized spacial score (nSPS) is 10.1. The largest absolute Gasteiger partial charge is 0.370 e. The Bertz CT molecular complexity index is 618. The second-order valence-electron chi connectivity index (χ2n) is 4.49. The molecule has 0 unspecified atom stereocenters. The SMILES string of the molecule is CCNc1cc(NCCNC(=O)c2cnccn2)nc(C)n1. The van der Waals surface area contributed by atoms with Crippen LogP contribution in [0.25, 0.3) is 0 Å². The predicted octanol–water partition coefficient (Wildman–Crippen LogP) is 0.849. The van der Waals surface area contributed by atoms with Crippen molar-refractivity contribution in [3.05, 3.63) is 36.2 Å². The van der Waals surface area contributed by atoms with E-state index in [1.807, 2.05) is 19.9 Å². The molecule has 0 saturated heterocycles. The van der Waals surface area contributed by atoms with Crippen molar-refractivity contribution in [3.63, 3.8) is 0 Å². The summed E-state index contributed by atoms with van der Waals surface area (Å²) in [6, 6.07) is 1.83. The molecule has 0 atom stereocenters. The summed E-state index contributed by atoms with van der Waals surface area (Å²) in [6.07, 6.45) is 4.44. The van der Waals surface area contributed by atoms with Crippen LogP contribution in [0.1, 0.15) is 23.2 Å². The topological polar surface area (TPSA) is 105 Å². The number of aryl methyl sites for hydroxylation is 1. The van der Waals surface area contributed by atoms with Gasteiger partial charge in [0, 0.05) is 38.1 Å². The van der Waals surface area contributed by atoms with Gasteiger partial charge in [-0.05, 0) is 13.8 Å². The lowest BCUT2D eigenvalue weighted by molar-refractivity contribution is 0.0950. The number of anilines is 2. The highest BCUT2D eigenvalue weighted by molar-refractivity contribution is 5.91. The van der Waals surface area contributed by atoms with E-state index < -0.39 is 0 Å². The Morgan fingerprint density at radius 1 is 1.14 bits per heavy atom. The molecule has 0 radical (unpaired) electrons. The van der Waals surface area contributed by atoms with Crippen LogP contribution in [0.3, 0.4) is 0 Å². The number of carbonyl (C=O) groups excluding carboxylic acids is 1. The van der Waals surface area contributed by atoms with Gasteiger partial charge in [-0.15, -0.1) is 0 Å². The summed E-state index contributed by atoms with van der Waals surface area (Å²) < 4.78 is 0. The Morgan fingerprint density at radius 2 is 1.91 bits per heavy atom. The van der Waals surface area contributed by atoms with Crippen molar-refractivity contribution in [1.29, 1.82) is 0 Å². The lowest BCUT2D eigenvalue weighted by Gasteiger charge is -2.09. The van der Waals surface area contributed by atoms with E-state index in [-0.39, 0.29) is 5.91 Å². The van der Waals surface area contributed by atoms with Crippen LogP contribution in [0.15, 0.2) is 24.7 Å². The van der Waals surface area contributed by atoms with E-state index in [1.165, 1.54) is 18.6 Å². The van der Waals surface area contributed by atoms with Crippen LogP contribution in [-0.2, 0) is 0 Å². The number of hydrogen-bond acceptors (Lipinski definition) is 7. The molecular weight excluding hydrogens is 282 g/mol. The quantitative estimate of drug-likeness (QED) is 0.651. The van der Waals surface area contributed by atoms with Gasteiger partial charge in [-0.3, -0.25) is 9.78 Å². The molecule has 2 aromatic heterocycles. The van der Waals surface area contributed by atoms with Gasteiger partial charge in [0.15, 0.2) is 0 Å². The van der Waals surface area contributed by atoms with Gasteiger partial charge in [0.1, 0.15) is 23.2 Å². The predicted molar refractivity (Wildman–Crippen MR) is 83.8 cm³/mol. The fraction of sp³-hybridized carbons (Fsp3) is 0.357. The first-order valence-corrected chi connectivity index (χ1v) is 7.06. The average molecular weight is 301 g/mol. The first-order valence-electron chi connectivity index (χ1n) is 7.06. The molecule has 8 nitrogen and oxygen atoms in total. The van der Waals surface area contributed by atoms with E-state index >= 15 is 0 Å². The molecule has 1 amide bonds. The summed E-state index contributed by atoms with van der Waals surface area (Å²) in [6.45, 7) is 5.64. The summed E-state index contributed by atoms with van der Waals surface area (Å²) in [4.78, 5) is 28.1. The zero-order chi connectivity index (χ0) is 15.8. The molecule has 0 bridgehead atoms. The highest BCUT2D eigenvalue weighted by Gasteiger charge is 2.05. The smallest absolute Gasteiger partial charge is 0.271 e. The molecule has 0 saturated carbocycles. The average Bonchev–Trinajstić information content (AvgIpc) is 2.52. The van der Waals surface area contributed by atoms with E-state index in [2.05, 4.69) is 35.9 Å². The van der Waals surface area contributed by atoms with Crippen molar-refractivity contribution in [2.24, 2.45) is 0 Å². The molecule has 0 fully saturated rings. The van der Waals surface area contributed by atoms with Gasteiger partial charge in [-0.25, -0.2) is 15.0 Å². The van der Waals surface area contributed by atoms with Crippen molar-refractivity contribution in [1.82, 2.24) is 25.3 Å². The first-order chi connectivity index (χ1) is 10.7. The van der Waals surface area contributed by atoms with Crippen LogP contribution >= 0.6 is 0 Å². The maximum atomic E-state index is 11.8. The van der Waals surface area contributed by atoms with Crippen molar-refractivity contribution in [3.8, 4) is 0 Å². The number of amides is 1. The van der Waals surface area contributed by atoms with Gasteiger partial charge >= 0.3 is 0 Å². The number of hydrogen-bond donors (Lipinski definition) is 3. The van der Waals surface area contributed by atoms with Crippen molar-refractivity contribution in [2.45, 2.75) is 13.8 Å². The van der Waals surface area contributed by atoms with Gasteiger partial charge in [-0.2, -0.15) is 0 Å². The zero-order valence-electron chi connectivity index (χ0n) is 12.6. The van der Waals surface area contributed by atoms with Gasteiger partial charge in [0.25, 0.3) is 5.91 Å². The van der Waals surface area contributed by atoms with E-state index in [0.29, 0.717) is 24.6 Å². The lowest BCUT2D eigenvalue weighted by Crippen LogP contribution is -2.29. The second-order valence-corrected chi connectivity index (χ2v) is 4.49. The highest BCUT2D eigenvalue weighted by atomic mass is 16.1. The lowest BCUT2D eigenvalue weighted by atomic mass is 10.4. The third-order valence-electron chi connectivity index (χ3n) is 2.71. The van der Waals surface area contributed by atoms with E-state index in [9.17, 15) is 4.79 Å². The Hall–Kier alpha value is -2.77. The monoisotopic (exact) mass is 301 g/mol. The van der Waals surface area contributed by atoms with E-state index in [4.69, 9.17) is 0 Å². The van der Waals surface area contributed by atoms with Crippen LogP contribution in [-0.4, -0.2) is 45.5 Å². The molecule has 3 N–H and O–H groups in total. The molecule has 8 heteroatoms. The minimum absolute atomic E-state index is 0.248. The minimum Gasteiger partial charge on any atom is -0.370 e. The fourth-order valence-electron chi connectivity index (χ4n) is 1.80. The second kappa shape index (κ2) is 7.87. The summed E-state index contributed by atoms with van der Waals surface area (Å²) in [7, 11) is 0. The Balaban J connectivity index is 1.80. The summed E-state index contributed by atoms with van der Waals surface area (Å²) in [5.41, 5.74) is 0.301. The number of nitrogens with one attached hydrogen (secondary N) is 3. The fourth-order valence-corrected chi connectivity index (χ4v) is 1.80. The third kappa shape index (κ3) is 4.65. The van der Waals surface area contributed by atoms with Gasteiger partial charge in [0.2, 0.25) is 0 Å². The van der Waals surface area contributed by atoms with Crippen LogP contribution in [0.4, 0.5) is 11.6 Å². The molecule has 0 aliphatic heterocycles. The van der Waals surface area contributed by atoms with Crippen LogP contribution in [0.2, 0.25) is 0 Å². The zero-order valence-corrected chi connectivity index (χ0v) is 12.6. The molecule has 0 aliphatic rings. The molecule has 22 heavy (non-hydrogen) atoms. The molecule has 116 valence electrons. The van der Waals surface area contributed by atoms with Gasteiger partial charge in [0.05, 0.1) is 6.20 Å². The maximum Gasteiger partial charge on any atom is 0.271 e. The van der Waals surface area contributed by atoms with Crippen LogP contribution in [0.5, 0.6) is 0 Å². The van der Waals surface area contributed by atoms with Crippen molar-refractivity contribution >= 4 is 17.5 Å². The van der Waals surface area contributed by atoms with Crippen LogP contribution in [0, 0.1) is 6.92 Å². The molecule has 0 aliphatic carbocycles. The molecule has 2 heterocycles. The molecule has 0 spiro atoms. The third-order valence-corrected chi connectivity index (χ3v) is 2.71. The standard InChI is InChI=1S/C14H19N7O/c1-3-16-12-8-13(21-10(2)20-12)18-6-7-19-14(22)11-9-15-4-5-17-11/h4-5,8-9H,3,6-7H2,1-2H3,(H,19,22)(H2,16,18,20,21). The van der Waals surface area contributed by atoms with E-state index in [1.54, 1.807) is 0 Å². The number of rotatable bonds is 7. The maximum absolute atomic E-state index is 11.8. The Morgan fingerprint density at radius 3 is 2.59 bits per heavy atom.